The molecule has 0 radical (unpaired) electrons. The Balaban J connectivity index is 1.22. The molecule has 6 unspecified atom stereocenters. The van der Waals surface area contributed by atoms with Gasteiger partial charge in [0.1, 0.15) is 36.7 Å². The van der Waals surface area contributed by atoms with Crippen LogP contribution in [0.4, 0.5) is 0 Å². The van der Waals surface area contributed by atoms with Crippen molar-refractivity contribution in [3.05, 3.63) is 23.5 Å². The summed E-state index contributed by atoms with van der Waals surface area (Å²) < 4.78 is 57.0. The molecule has 2 saturated carbocycles. The summed E-state index contributed by atoms with van der Waals surface area (Å²) in [6, 6.07) is -0.331. The molecule has 1 aromatic heterocycles. The molecule has 17 nitrogen and oxygen atoms in total. The minimum absolute atomic E-state index is 0.0357. The van der Waals surface area contributed by atoms with Gasteiger partial charge in [-0.3, -0.25) is 14.4 Å². The molecule has 1 N–H and O–H groups in total. The molecule has 0 amide bonds. The van der Waals surface area contributed by atoms with Gasteiger partial charge in [0.05, 0.1) is 49.2 Å². The Kier molecular flexibility index (Phi) is 15.8. The van der Waals surface area contributed by atoms with Gasteiger partial charge in [-0.15, -0.1) is 5.10 Å². The quantitative estimate of drug-likeness (QED) is 0.294. The first-order chi connectivity index (χ1) is 30.2. The molecule has 7 rings (SSSR count). The van der Waals surface area contributed by atoms with Crippen LogP contribution in [0.3, 0.4) is 0 Å². The van der Waals surface area contributed by atoms with Gasteiger partial charge >= 0.3 is 11.9 Å². The second kappa shape index (κ2) is 20.7. The van der Waals surface area contributed by atoms with E-state index in [0.29, 0.717) is 43.4 Å². The van der Waals surface area contributed by atoms with Crippen molar-refractivity contribution >= 4 is 17.7 Å². The van der Waals surface area contributed by atoms with E-state index in [4.69, 9.17) is 42.6 Å². The Labute approximate surface area is 372 Å². The topological polar surface area (TPSA) is 188 Å². The lowest BCUT2D eigenvalue weighted by Crippen LogP contribution is -2.59. The molecule has 3 aliphatic heterocycles. The Morgan fingerprint density at radius 1 is 0.937 bits per heavy atom. The van der Waals surface area contributed by atoms with Crippen molar-refractivity contribution in [3.8, 4) is 0 Å². The van der Waals surface area contributed by atoms with E-state index in [-0.39, 0.29) is 79.1 Å². The van der Waals surface area contributed by atoms with Crippen LogP contribution in [0.25, 0.3) is 0 Å². The van der Waals surface area contributed by atoms with Gasteiger partial charge in [-0.2, -0.15) is 0 Å². The predicted molar refractivity (Wildman–Crippen MR) is 226 cm³/mol. The largest absolute Gasteiger partial charge is 0.462 e. The van der Waals surface area contributed by atoms with E-state index in [1.807, 2.05) is 20.8 Å². The molecular formula is C46H72N4O13. The number of rotatable bonds is 12. The zero-order valence-corrected chi connectivity index (χ0v) is 38.8. The number of ether oxygens (including phenoxy) is 9. The molecule has 1 aromatic rings. The van der Waals surface area contributed by atoms with Crippen LogP contribution in [0.1, 0.15) is 104 Å². The molecule has 17 heteroatoms. The van der Waals surface area contributed by atoms with E-state index in [2.05, 4.69) is 42.3 Å². The third-order valence-corrected chi connectivity index (χ3v) is 15.1. The van der Waals surface area contributed by atoms with Crippen LogP contribution in [0.15, 0.2) is 17.8 Å². The minimum atomic E-state index is -1.05. The van der Waals surface area contributed by atoms with Crippen molar-refractivity contribution in [1.82, 2.24) is 19.9 Å². The standard InChI is InChI=1S/C46H72N4O13/c1-11-28-13-12-14-36(63-38-16-15-35(49(6)7)24(3)59-38)23(2)41(53)34-19-31-30-17-29(62-46-45(57-10)44(56-9)43(55-8)25(4)60-46)18-33(30)40(42(54)39(31)32(34)20-37(52)61-28)50-21-27(47-48-50)22-58-26(5)51/h19,21,23-25,28-33,35-36,38-40,42-46,54H,11-18,20,22H2,1-10H3/t23-,24?,25?,28+,29+,30+,31+,32-,33-,35+,36+,38+,39-,40?,42?,43+,44?,45?,46+/m1/s1. The fraction of sp³-hybridized carbons (Fsp3) is 0.848. The second-order valence-electron chi connectivity index (χ2n) is 19.1. The number of hydrogen-bond acceptors (Lipinski definition) is 16. The first kappa shape index (κ1) is 48.1. The third-order valence-electron chi connectivity index (χ3n) is 15.1. The van der Waals surface area contributed by atoms with Crippen LogP contribution in [0.5, 0.6) is 0 Å². The highest BCUT2D eigenvalue weighted by Gasteiger charge is 2.60. The van der Waals surface area contributed by atoms with Gasteiger partial charge in [0, 0.05) is 52.0 Å². The number of aliphatic hydroxyl groups is 1. The van der Waals surface area contributed by atoms with E-state index in [1.54, 1.807) is 32.2 Å². The number of fused-ring (bicyclic) bond motifs is 5. The number of esters is 2. The van der Waals surface area contributed by atoms with Crippen molar-refractivity contribution in [3.63, 3.8) is 0 Å². The number of aromatic nitrogens is 3. The predicted octanol–water partition coefficient (Wildman–Crippen LogP) is 4.19. The Morgan fingerprint density at radius 3 is 2.33 bits per heavy atom. The van der Waals surface area contributed by atoms with E-state index >= 15 is 4.79 Å². The number of cyclic esters (lactones) is 1. The van der Waals surface area contributed by atoms with Gasteiger partial charge in [-0.25, -0.2) is 4.68 Å². The highest BCUT2D eigenvalue weighted by atomic mass is 16.7. The smallest absolute Gasteiger partial charge is 0.306 e. The number of methoxy groups -OCH3 is 3. The summed E-state index contributed by atoms with van der Waals surface area (Å²) in [7, 11) is 8.95. The van der Waals surface area contributed by atoms with Crippen LogP contribution in [0, 0.1) is 35.5 Å². The maximum absolute atomic E-state index is 15.1. The van der Waals surface area contributed by atoms with Crippen LogP contribution in [-0.4, -0.2) is 152 Å². The number of aliphatic hydroxyl groups excluding tert-OH is 1. The molecule has 354 valence electrons. The lowest BCUT2D eigenvalue weighted by molar-refractivity contribution is -0.314. The van der Waals surface area contributed by atoms with Crippen molar-refractivity contribution in [2.24, 2.45) is 35.5 Å². The SMILES string of the molecule is CC[C@H]1CCC[C@H](O[C@H]2CC[C@H](N(C)C)C(C)O2)[C@@H](C)C(=O)C2=C[C@H]3[C@@H]4C[C@H](O[C@@H]5OC(C)[C@H](OC)C(OC)C5OC)C[C@H]4C(n4cc(COC(C)=O)nn4)C(O)[C@H]3[C@@H]2CC(=O)O1. The third kappa shape index (κ3) is 10.1. The monoisotopic (exact) mass is 889 g/mol. The molecule has 4 heterocycles. The highest BCUT2D eigenvalue weighted by molar-refractivity contribution is 5.99. The zero-order chi connectivity index (χ0) is 45.3. The molecule has 3 aliphatic carbocycles. The highest BCUT2D eigenvalue weighted by Crippen LogP contribution is 2.60. The van der Waals surface area contributed by atoms with Gasteiger partial charge in [0.25, 0.3) is 0 Å². The first-order valence-corrected chi connectivity index (χ1v) is 23.2. The number of ketones is 1. The Bertz CT molecular complexity index is 1760. The molecule has 5 fully saturated rings. The minimum Gasteiger partial charge on any atom is -0.462 e. The fourth-order valence-corrected chi connectivity index (χ4v) is 12.0. The average molecular weight is 889 g/mol. The van der Waals surface area contributed by atoms with Crippen LogP contribution < -0.4 is 0 Å². The molecule has 0 spiro atoms. The van der Waals surface area contributed by atoms with Crippen LogP contribution >= 0.6 is 0 Å². The summed E-state index contributed by atoms with van der Waals surface area (Å²) in [5.41, 5.74) is 0.971. The summed E-state index contributed by atoms with van der Waals surface area (Å²) in [6.07, 6.45) is 3.99. The molecule has 0 aromatic carbocycles. The average Bonchev–Trinajstić information content (AvgIpc) is 3.98. The summed E-state index contributed by atoms with van der Waals surface area (Å²) >= 11 is 0. The van der Waals surface area contributed by atoms with Gasteiger partial charge < -0.3 is 52.6 Å². The Hall–Kier alpha value is -2.87. The number of carbonyl (C=O) groups excluding carboxylic acids is 3. The van der Waals surface area contributed by atoms with Crippen molar-refractivity contribution in [1.29, 1.82) is 0 Å². The number of Topliss-reactive ketones (excluding diaryl/α,β-unsaturated/α-hetero) is 1. The van der Waals surface area contributed by atoms with Gasteiger partial charge in [-0.05, 0) is 103 Å². The van der Waals surface area contributed by atoms with E-state index < -0.39 is 66.8 Å². The molecule has 19 atom stereocenters. The lowest BCUT2D eigenvalue weighted by Gasteiger charge is -2.46. The molecule has 3 saturated heterocycles. The van der Waals surface area contributed by atoms with Gasteiger partial charge in [-0.1, -0.05) is 25.1 Å². The Morgan fingerprint density at radius 2 is 1.67 bits per heavy atom. The number of allylic oxidation sites excluding steroid dienone is 2. The summed E-state index contributed by atoms with van der Waals surface area (Å²) in [5.74, 6) is -3.15. The normalized spacial score (nSPS) is 42.3. The van der Waals surface area contributed by atoms with Crippen LogP contribution in [-0.2, 0) is 63.6 Å². The van der Waals surface area contributed by atoms with Crippen LogP contribution in [0.2, 0.25) is 0 Å². The number of nitrogens with zero attached hydrogens (tertiary/aromatic N) is 4. The maximum atomic E-state index is 15.1. The second-order valence-corrected chi connectivity index (χ2v) is 19.1. The first-order valence-electron chi connectivity index (χ1n) is 23.2. The van der Waals surface area contributed by atoms with Crippen molar-refractivity contribution in [2.45, 2.75) is 179 Å². The number of carbonyl (C=O) groups is 3. The summed E-state index contributed by atoms with van der Waals surface area (Å²) in [4.78, 5) is 42.9. The fourth-order valence-electron chi connectivity index (χ4n) is 12.0. The molecule has 63 heavy (non-hydrogen) atoms. The molecule has 6 aliphatic rings. The summed E-state index contributed by atoms with van der Waals surface area (Å²) in [5, 5.41) is 21.6. The van der Waals surface area contributed by atoms with Crippen molar-refractivity contribution < 1.29 is 62.1 Å². The van der Waals surface area contributed by atoms with Crippen molar-refractivity contribution in [2.75, 3.05) is 35.4 Å². The maximum Gasteiger partial charge on any atom is 0.306 e. The summed E-state index contributed by atoms with van der Waals surface area (Å²) in [6.45, 7) is 9.20. The number of hydrogen-bond donors (Lipinski definition) is 1. The van der Waals surface area contributed by atoms with E-state index in [9.17, 15) is 14.7 Å². The van der Waals surface area contributed by atoms with Gasteiger partial charge in [0.15, 0.2) is 18.4 Å². The van der Waals surface area contributed by atoms with E-state index in [1.165, 1.54) is 6.92 Å². The molecular weight excluding hydrogens is 817 g/mol. The number of likely N-dealkylation sites (N-methyl/N-ethyl adjacent to an activating group) is 1. The van der Waals surface area contributed by atoms with E-state index in [0.717, 1.165) is 19.3 Å². The van der Waals surface area contributed by atoms with Gasteiger partial charge in [0.2, 0.25) is 0 Å². The zero-order valence-electron chi connectivity index (χ0n) is 38.8. The lowest BCUT2D eigenvalue weighted by atomic mass is 9.62. The molecule has 0 bridgehead atoms.